The zero-order valence-corrected chi connectivity index (χ0v) is 14.2. The summed E-state index contributed by atoms with van der Waals surface area (Å²) >= 11 is 8.33. The number of halogens is 2. The van der Waals surface area contributed by atoms with E-state index in [1.165, 1.54) is 3.57 Å². The van der Waals surface area contributed by atoms with E-state index in [4.69, 9.17) is 22.1 Å². The molecule has 0 aliphatic rings. The summed E-state index contributed by atoms with van der Waals surface area (Å²) in [5.41, 5.74) is 7.12. The van der Waals surface area contributed by atoms with E-state index in [1.807, 2.05) is 42.5 Å². The normalized spacial score (nSPS) is 12.2. The molecule has 0 radical (unpaired) electrons. The van der Waals surface area contributed by atoms with Crippen LogP contribution < -0.4 is 10.5 Å². The van der Waals surface area contributed by atoms with Crippen LogP contribution in [0.25, 0.3) is 0 Å². The van der Waals surface area contributed by atoms with Gasteiger partial charge in [-0.15, -0.1) is 0 Å². The predicted molar refractivity (Wildman–Crippen MR) is 92.7 cm³/mol. The molecule has 2 aromatic carbocycles. The third-order valence-electron chi connectivity index (χ3n) is 3.08. The van der Waals surface area contributed by atoms with Gasteiger partial charge in [-0.25, -0.2) is 0 Å². The highest BCUT2D eigenvalue weighted by molar-refractivity contribution is 14.1. The highest BCUT2D eigenvalue weighted by atomic mass is 127. The van der Waals surface area contributed by atoms with Crippen molar-refractivity contribution in [3.05, 3.63) is 56.6 Å². The summed E-state index contributed by atoms with van der Waals surface area (Å²) in [6, 6.07) is 13.8. The first-order valence-corrected chi connectivity index (χ1v) is 8.01. The van der Waals surface area contributed by atoms with E-state index < -0.39 is 0 Å². The van der Waals surface area contributed by atoms with Crippen LogP contribution in [-0.2, 0) is 6.42 Å². The summed E-state index contributed by atoms with van der Waals surface area (Å²) in [4.78, 5) is 0. The Morgan fingerprint density at radius 3 is 2.55 bits per heavy atom. The molecule has 0 saturated heterocycles. The Morgan fingerprint density at radius 2 is 1.90 bits per heavy atom. The monoisotopic (exact) mass is 401 g/mol. The lowest BCUT2D eigenvalue weighted by Gasteiger charge is -2.14. The number of hydrogen-bond donors (Lipinski definition) is 1. The first-order chi connectivity index (χ1) is 9.58. The number of ether oxygens (including phenoxy) is 1. The van der Waals surface area contributed by atoms with Crippen LogP contribution >= 0.6 is 34.2 Å². The highest BCUT2D eigenvalue weighted by Crippen LogP contribution is 2.29. The molecule has 0 spiro atoms. The summed E-state index contributed by atoms with van der Waals surface area (Å²) in [6.07, 6.45) is 1.72. The van der Waals surface area contributed by atoms with Gasteiger partial charge in [-0.3, -0.25) is 0 Å². The fourth-order valence-corrected chi connectivity index (χ4v) is 2.37. The van der Waals surface area contributed by atoms with Crippen molar-refractivity contribution in [2.45, 2.75) is 25.8 Å². The molecular formula is C16H17ClINO. The lowest BCUT2D eigenvalue weighted by molar-refractivity contribution is 0.472. The second-order valence-corrected chi connectivity index (χ2v) is 6.36. The van der Waals surface area contributed by atoms with Gasteiger partial charge in [0.15, 0.2) is 0 Å². The molecule has 20 heavy (non-hydrogen) atoms. The van der Waals surface area contributed by atoms with Gasteiger partial charge >= 0.3 is 0 Å². The maximum Gasteiger partial charge on any atom is 0.132 e. The van der Waals surface area contributed by atoms with Crippen LogP contribution in [0.2, 0.25) is 5.02 Å². The minimum atomic E-state index is 0.134. The summed E-state index contributed by atoms with van der Waals surface area (Å²) in [5.74, 6) is 1.58. The second kappa shape index (κ2) is 7.29. The Labute approximate surface area is 138 Å². The fraction of sp³-hybridized carbons (Fsp3) is 0.250. The van der Waals surface area contributed by atoms with Gasteiger partial charge in [0.25, 0.3) is 0 Å². The Balaban J connectivity index is 2.24. The summed E-state index contributed by atoms with van der Waals surface area (Å²) in [6.45, 7) is 2.08. The molecular weight excluding hydrogens is 385 g/mol. The fourth-order valence-electron chi connectivity index (χ4n) is 1.85. The molecule has 0 fully saturated rings. The quantitative estimate of drug-likeness (QED) is 0.714. The van der Waals surface area contributed by atoms with Crippen LogP contribution in [0, 0.1) is 3.57 Å². The van der Waals surface area contributed by atoms with Crippen molar-refractivity contribution in [1.82, 2.24) is 0 Å². The highest BCUT2D eigenvalue weighted by Gasteiger charge is 2.10. The van der Waals surface area contributed by atoms with Crippen LogP contribution in [0.15, 0.2) is 42.5 Å². The smallest absolute Gasteiger partial charge is 0.132 e. The third-order valence-corrected chi connectivity index (χ3v) is 4.03. The Hall–Kier alpha value is -0.780. The van der Waals surface area contributed by atoms with E-state index in [0.717, 1.165) is 29.9 Å². The van der Waals surface area contributed by atoms with Gasteiger partial charge in [-0.05, 0) is 77.4 Å². The maximum absolute atomic E-state index is 6.07. The maximum atomic E-state index is 6.07. The summed E-state index contributed by atoms with van der Waals surface area (Å²) < 4.78 is 7.12. The molecule has 4 heteroatoms. The van der Waals surface area contributed by atoms with Crippen molar-refractivity contribution in [3.8, 4) is 11.5 Å². The number of hydrogen-bond acceptors (Lipinski definition) is 2. The van der Waals surface area contributed by atoms with Gasteiger partial charge in [-0.2, -0.15) is 0 Å². The van der Waals surface area contributed by atoms with Gasteiger partial charge in [0.1, 0.15) is 11.5 Å². The minimum absolute atomic E-state index is 0.134. The van der Waals surface area contributed by atoms with Gasteiger partial charge in [-0.1, -0.05) is 24.6 Å². The summed E-state index contributed by atoms with van der Waals surface area (Å²) in [5, 5.41) is 0.666. The van der Waals surface area contributed by atoms with Crippen LogP contribution in [0.1, 0.15) is 18.9 Å². The minimum Gasteiger partial charge on any atom is -0.457 e. The van der Waals surface area contributed by atoms with E-state index in [-0.39, 0.29) is 6.04 Å². The van der Waals surface area contributed by atoms with Crippen molar-refractivity contribution in [2.24, 2.45) is 5.73 Å². The van der Waals surface area contributed by atoms with E-state index in [1.54, 1.807) is 0 Å². The molecule has 0 aliphatic heterocycles. The van der Waals surface area contributed by atoms with E-state index >= 15 is 0 Å². The Morgan fingerprint density at radius 1 is 1.20 bits per heavy atom. The van der Waals surface area contributed by atoms with Crippen molar-refractivity contribution >= 4 is 34.2 Å². The molecule has 0 heterocycles. The largest absolute Gasteiger partial charge is 0.457 e. The molecule has 2 rings (SSSR count). The molecule has 1 unspecified atom stereocenters. The number of benzene rings is 2. The molecule has 0 saturated carbocycles. The molecule has 2 nitrogen and oxygen atoms in total. The Bertz CT molecular complexity index is 571. The lowest BCUT2D eigenvalue weighted by atomic mass is 10.0. The van der Waals surface area contributed by atoms with Gasteiger partial charge < -0.3 is 10.5 Å². The Kier molecular flexibility index (Phi) is 5.69. The number of rotatable bonds is 5. The molecule has 0 aliphatic carbocycles. The van der Waals surface area contributed by atoms with E-state index in [9.17, 15) is 0 Å². The van der Waals surface area contributed by atoms with Crippen molar-refractivity contribution in [1.29, 1.82) is 0 Å². The summed E-state index contributed by atoms with van der Waals surface area (Å²) in [7, 11) is 0. The van der Waals surface area contributed by atoms with Crippen molar-refractivity contribution in [3.63, 3.8) is 0 Å². The van der Waals surface area contributed by atoms with Crippen LogP contribution in [0.4, 0.5) is 0 Å². The lowest BCUT2D eigenvalue weighted by Crippen LogP contribution is -2.21. The standard InChI is InChI=1S/C16H17ClINO/c1-2-14(19)9-11-3-4-12(17)10-16(11)20-15-7-5-13(18)6-8-15/h3-8,10,14H,2,9,19H2,1H3. The molecule has 1 atom stereocenters. The van der Waals surface area contributed by atoms with Gasteiger partial charge in [0.05, 0.1) is 0 Å². The molecule has 2 N–H and O–H groups in total. The molecule has 0 bridgehead atoms. The van der Waals surface area contributed by atoms with Gasteiger partial charge in [0.2, 0.25) is 0 Å². The van der Waals surface area contributed by atoms with Crippen LogP contribution in [0.3, 0.4) is 0 Å². The number of nitrogens with two attached hydrogens (primary N) is 1. The predicted octanol–water partition coefficient (Wildman–Crippen LogP) is 5.02. The van der Waals surface area contributed by atoms with Crippen LogP contribution in [-0.4, -0.2) is 6.04 Å². The molecule has 0 amide bonds. The average molecular weight is 402 g/mol. The zero-order valence-electron chi connectivity index (χ0n) is 11.3. The van der Waals surface area contributed by atoms with Crippen LogP contribution in [0.5, 0.6) is 11.5 Å². The third kappa shape index (κ3) is 4.36. The molecule has 0 aromatic heterocycles. The van der Waals surface area contributed by atoms with Crippen molar-refractivity contribution in [2.75, 3.05) is 0 Å². The molecule has 2 aromatic rings. The van der Waals surface area contributed by atoms with Crippen molar-refractivity contribution < 1.29 is 4.74 Å². The van der Waals surface area contributed by atoms with E-state index in [2.05, 4.69) is 29.5 Å². The average Bonchev–Trinajstić information content (AvgIpc) is 2.44. The first-order valence-electron chi connectivity index (χ1n) is 6.56. The van der Waals surface area contributed by atoms with Gasteiger partial charge in [0, 0.05) is 14.6 Å². The molecule has 106 valence electrons. The topological polar surface area (TPSA) is 35.2 Å². The first kappa shape index (κ1) is 15.6. The SMILES string of the molecule is CCC(N)Cc1ccc(Cl)cc1Oc1ccc(I)cc1. The van der Waals surface area contributed by atoms with E-state index in [0.29, 0.717) is 5.02 Å². The zero-order chi connectivity index (χ0) is 14.5. The second-order valence-electron chi connectivity index (χ2n) is 4.68.